The molecule has 0 amide bonds. The third kappa shape index (κ3) is 1.79. The molecule has 1 atom stereocenters. The number of carbonyl (C=O) groups excluding carboxylic acids is 1. The molecule has 0 saturated carbocycles. The number of ketones is 1. The molecular weight excluding hydrogens is 268 g/mol. The average Bonchev–Trinajstić information content (AvgIpc) is 2.54. The molecule has 1 aromatic heterocycles. The smallest absolute Gasteiger partial charge is 0.181 e. The number of hydrogen-bond donors (Lipinski definition) is 1. The van der Waals surface area contributed by atoms with Crippen LogP contribution in [0.5, 0.6) is 0 Å². The number of halogens is 1. The van der Waals surface area contributed by atoms with E-state index >= 15 is 0 Å². The van der Waals surface area contributed by atoms with E-state index in [9.17, 15) is 4.79 Å². The van der Waals surface area contributed by atoms with Crippen LogP contribution < -0.4 is 5.73 Å². The van der Waals surface area contributed by atoms with Crippen molar-refractivity contribution in [2.24, 2.45) is 12.8 Å². The zero-order chi connectivity index (χ0) is 11.9. The molecule has 2 rings (SSSR count). The molecular formula is C12H13BrN2O. The van der Waals surface area contributed by atoms with Crippen LogP contribution in [0.15, 0.2) is 28.9 Å². The first-order valence-electron chi connectivity index (χ1n) is 5.05. The molecule has 1 heterocycles. The molecule has 0 bridgehead atoms. The zero-order valence-electron chi connectivity index (χ0n) is 9.20. The fourth-order valence-corrected chi connectivity index (χ4v) is 2.17. The van der Waals surface area contributed by atoms with E-state index in [2.05, 4.69) is 15.9 Å². The average molecular weight is 281 g/mol. The number of nitrogens with two attached hydrogens (primary N) is 1. The van der Waals surface area contributed by atoms with Crippen LogP contribution in [0.4, 0.5) is 0 Å². The molecule has 0 radical (unpaired) electrons. The second-order valence-corrected chi connectivity index (χ2v) is 4.88. The number of nitrogens with zero attached hydrogens (tertiary/aromatic N) is 1. The third-order valence-corrected chi connectivity index (χ3v) is 3.12. The summed E-state index contributed by atoms with van der Waals surface area (Å²) in [5.41, 5.74) is 7.36. The van der Waals surface area contributed by atoms with Crippen LogP contribution in [0.3, 0.4) is 0 Å². The predicted octanol–water partition coefficient (Wildman–Crippen LogP) is 2.47. The van der Waals surface area contributed by atoms with Gasteiger partial charge < -0.3 is 10.3 Å². The van der Waals surface area contributed by atoms with Gasteiger partial charge in [-0.15, -0.1) is 0 Å². The van der Waals surface area contributed by atoms with Crippen LogP contribution >= 0.6 is 15.9 Å². The van der Waals surface area contributed by atoms with Gasteiger partial charge in [-0.2, -0.15) is 0 Å². The molecule has 0 fully saturated rings. The van der Waals surface area contributed by atoms with E-state index in [1.54, 1.807) is 6.92 Å². The lowest BCUT2D eigenvalue weighted by molar-refractivity contribution is 0.0969. The van der Waals surface area contributed by atoms with Gasteiger partial charge in [0.15, 0.2) is 5.78 Å². The SMILES string of the molecule is CC(N)C(=O)c1cn(C)c2ccc(Br)cc12. The normalized spacial score (nSPS) is 13.0. The Labute approximate surface area is 102 Å². The van der Waals surface area contributed by atoms with Gasteiger partial charge in [-0.1, -0.05) is 15.9 Å². The monoisotopic (exact) mass is 280 g/mol. The number of carbonyl (C=O) groups is 1. The van der Waals surface area contributed by atoms with E-state index in [4.69, 9.17) is 5.73 Å². The van der Waals surface area contributed by atoms with Crippen LogP contribution in [0, 0.1) is 0 Å². The largest absolute Gasteiger partial charge is 0.350 e. The molecule has 2 aromatic rings. The van der Waals surface area contributed by atoms with E-state index in [-0.39, 0.29) is 5.78 Å². The summed E-state index contributed by atoms with van der Waals surface area (Å²) in [6.45, 7) is 1.71. The van der Waals surface area contributed by atoms with Crippen LogP contribution in [0.1, 0.15) is 17.3 Å². The summed E-state index contributed by atoms with van der Waals surface area (Å²) < 4.78 is 2.90. The summed E-state index contributed by atoms with van der Waals surface area (Å²) >= 11 is 3.41. The number of benzene rings is 1. The standard InChI is InChI=1S/C12H13BrN2O/c1-7(14)12(16)10-6-15(2)11-4-3-8(13)5-9(10)11/h3-7H,14H2,1-2H3. The summed E-state index contributed by atoms with van der Waals surface area (Å²) in [7, 11) is 1.92. The number of fused-ring (bicyclic) bond motifs is 1. The third-order valence-electron chi connectivity index (χ3n) is 2.63. The first kappa shape index (κ1) is 11.4. The van der Waals surface area contributed by atoms with Crippen LogP contribution in [-0.4, -0.2) is 16.4 Å². The lowest BCUT2D eigenvalue weighted by Gasteiger charge is -2.02. The molecule has 1 unspecified atom stereocenters. The fourth-order valence-electron chi connectivity index (χ4n) is 1.81. The maximum absolute atomic E-state index is 11.9. The first-order chi connectivity index (χ1) is 7.50. The van der Waals surface area contributed by atoms with Crippen LogP contribution in [-0.2, 0) is 7.05 Å². The number of aromatic nitrogens is 1. The molecule has 4 heteroatoms. The molecule has 0 aliphatic heterocycles. The van der Waals surface area contributed by atoms with Gasteiger partial charge in [-0.25, -0.2) is 0 Å². The molecule has 0 aliphatic rings. The minimum atomic E-state index is -0.468. The number of Topliss-reactive ketones (excluding diaryl/α,β-unsaturated/α-hetero) is 1. The Morgan fingerprint density at radius 3 is 2.81 bits per heavy atom. The lowest BCUT2D eigenvalue weighted by Crippen LogP contribution is -2.26. The molecule has 0 saturated heterocycles. The van der Waals surface area contributed by atoms with Gasteiger partial charge in [0, 0.05) is 34.2 Å². The van der Waals surface area contributed by atoms with Gasteiger partial charge in [0.05, 0.1) is 6.04 Å². The van der Waals surface area contributed by atoms with Gasteiger partial charge >= 0.3 is 0 Å². The zero-order valence-corrected chi connectivity index (χ0v) is 10.8. The van der Waals surface area contributed by atoms with Crippen molar-refractivity contribution < 1.29 is 4.79 Å². The maximum Gasteiger partial charge on any atom is 0.181 e. The Balaban J connectivity index is 2.71. The Hall–Kier alpha value is -1.13. The Bertz CT molecular complexity index is 557. The number of hydrogen-bond acceptors (Lipinski definition) is 2. The van der Waals surface area contributed by atoms with Gasteiger partial charge in [0.25, 0.3) is 0 Å². The summed E-state index contributed by atoms with van der Waals surface area (Å²) in [5.74, 6) is -0.0244. The highest BCUT2D eigenvalue weighted by Crippen LogP contribution is 2.25. The van der Waals surface area contributed by atoms with Crippen molar-refractivity contribution in [1.29, 1.82) is 0 Å². The second-order valence-electron chi connectivity index (χ2n) is 3.97. The lowest BCUT2D eigenvalue weighted by atomic mass is 10.1. The molecule has 16 heavy (non-hydrogen) atoms. The van der Waals surface area contributed by atoms with E-state index in [1.165, 1.54) is 0 Å². The topological polar surface area (TPSA) is 48.0 Å². The van der Waals surface area contributed by atoms with Gasteiger partial charge in [0.2, 0.25) is 0 Å². The van der Waals surface area contributed by atoms with E-state index in [1.807, 2.05) is 36.0 Å². The summed E-state index contributed by atoms with van der Waals surface area (Å²) in [4.78, 5) is 11.9. The minimum Gasteiger partial charge on any atom is -0.350 e. The Morgan fingerprint density at radius 1 is 1.50 bits per heavy atom. The van der Waals surface area contributed by atoms with E-state index in [0.29, 0.717) is 5.56 Å². The summed E-state index contributed by atoms with van der Waals surface area (Å²) in [6.07, 6.45) is 1.84. The molecule has 0 aliphatic carbocycles. The van der Waals surface area contributed by atoms with E-state index in [0.717, 1.165) is 15.4 Å². The van der Waals surface area contributed by atoms with Crippen LogP contribution in [0.25, 0.3) is 10.9 Å². The van der Waals surface area contributed by atoms with E-state index < -0.39 is 6.04 Å². The van der Waals surface area contributed by atoms with Crippen molar-refractivity contribution >= 4 is 32.6 Å². The van der Waals surface area contributed by atoms with Crippen molar-refractivity contribution in [3.63, 3.8) is 0 Å². The molecule has 1 aromatic carbocycles. The Kier molecular flexibility index (Phi) is 2.86. The highest BCUT2D eigenvalue weighted by Gasteiger charge is 2.16. The quantitative estimate of drug-likeness (QED) is 0.860. The van der Waals surface area contributed by atoms with Gasteiger partial charge in [0.1, 0.15) is 0 Å². The molecule has 84 valence electrons. The number of rotatable bonds is 2. The maximum atomic E-state index is 11.9. The first-order valence-corrected chi connectivity index (χ1v) is 5.84. The van der Waals surface area contributed by atoms with Gasteiger partial charge in [-0.3, -0.25) is 4.79 Å². The summed E-state index contributed by atoms with van der Waals surface area (Å²) in [5, 5.41) is 0.944. The second kappa shape index (κ2) is 4.03. The molecule has 2 N–H and O–H groups in total. The summed E-state index contributed by atoms with van der Waals surface area (Å²) in [6, 6.07) is 5.43. The highest BCUT2D eigenvalue weighted by atomic mass is 79.9. The van der Waals surface area contributed by atoms with Gasteiger partial charge in [-0.05, 0) is 25.1 Å². The van der Waals surface area contributed by atoms with Crippen molar-refractivity contribution in [2.75, 3.05) is 0 Å². The number of aryl methyl sites for hydroxylation is 1. The van der Waals surface area contributed by atoms with Crippen molar-refractivity contribution in [3.05, 3.63) is 34.4 Å². The molecule has 0 spiro atoms. The molecule has 3 nitrogen and oxygen atoms in total. The minimum absolute atomic E-state index is 0.0244. The Morgan fingerprint density at radius 2 is 2.19 bits per heavy atom. The fraction of sp³-hybridized carbons (Fsp3) is 0.250. The van der Waals surface area contributed by atoms with Crippen molar-refractivity contribution in [3.8, 4) is 0 Å². The van der Waals surface area contributed by atoms with Crippen molar-refractivity contribution in [1.82, 2.24) is 4.57 Å². The van der Waals surface area contributed by atoms with Crippen molar-refractivity contribution in [2.45, 2.75) is 13.0 Å². The predicted molar refractivity (Wildman–Crippen MR) is 68.6 cm³/mol. The van der Waals surface area contributed by atoms with Crippen LogP contribution in [0.2, 0.25) is 0 Å². The highest BCUT2D eigenvalue weighted by molar-refractivity contribution is 9.10.